The molecule has 0 aliphatic rings. The topological polar surface area (TPSA) is 63.1 Å². The first-order valence-electron chi connectivity index (χ1n) is 2.86. The Hall–Kier alpha value is -1.16. The molecule has 58 valence electrons. The van der Waals surface area contributed by atoms with E-state index < -0.39 is 5.97 Å². The molecule has 0 aliphatic carbocycles. The molecule has 5 heteroatoms. The zero-order valence-corrected chi connectivity index (χ0v) is 6.25. The molecule has 1 aromatic rings. The number of carbonyl (C=O) groups is 1. The van der Waals surface area contributed by atoms with Gasteiger partial charge in [0, 0.05) is 0 Å². The number of rotatable bonds is 2. The van der Waals surface area contributed by atoms with Gasteiger partial charge in [-0.3, -0.25) is 9.78 Å². The summed E-state index contributed by atoms with van der Waals surface area (Å²) in [6.07, 6.45) is 2.54. The van der Waals surface area contributed by atoms with Crippen molar-refractivity contribution in [2.24, 2.45) is 0 Å². The lowest BCUT2D eigenvalue weighted by Crippen LogP contribution is -2.02. The summed E-state index contributed by atoms with van der Waals surface area (Å²) in [5.74, 6) is -0.929. The molecule has 1 rings (SSSR count). The standard InChI is InChI=1S/C6H5ClN2O2/c7-5-3-8-4(2-9-5)1-6(10)11/h2-3H,1H2,(H,10,11). The van der Waals surface area contributed by atoms with Crippen molar-refractivity contribution >= 4 is 17.6 Å². The molecule has 0 unspecified atom stereocenters. The highest BCUT2D eigenvalue weighted by molar-refractivity contribution is 6.29. The van der Waals surface area contributed by atoms with E-state index in [9.17, 15) is 4.79 Å². The molecule has 1 aromatic heterocycles. The highest BCUT2D eigenvalue weighted by atomic mass is 35.5. The molecule has 0 aliphatic heterocycles. The first kappa shape index (κ1) is 7.94. The Bertz CT molecular complexity index is 260. The molecule has 0 aromatic carbocycles. The molecule has 0 fully saturated rings. The molecule has 0 saturated carbocycles. The smallest absolute Gasteiger partial charge is 0.309 e. The van der Waals surface area contributed by atoms with E-state index in [-0.39, 0.29) is 11.6 Å². The van der Waals surface area contributed by atoms with Crippen LogP contribution in [0.5, 0.6) is 0 Å². The summed E-state index contributed by atoms with van der Waals surface area (Å²) in [5.41, 5.74) is 0.405. The number of aromatic nitrogens is 2. The molecule has 0 radical (unpaired) electrons. The number of hydrogen-bond donors (Lipinski definition) is 1. The third-order valence-corrected chi connectivity index (χ3v) is 1.20. The van der Waals surface area contributed by atoms with Crippen LogP contribution in [0.25, 0.3) is 0 Å². The van der Waals surface area contributed by atoms with Crippen LogP contribution in [0.3, 0.4) is 0 Å². The van der Waals surface area contributed by atoms with Crippen molar-refractivity contribution in [1.29, 1.82) is 0 Å². The maximum Gasteiger partial charge on any atom is 0.309 e. The predicted molar refractivity (Wildman–Crippen MR) is 38.4 cm³/mol. The quantitative estimate of drug-likeness (QED) is 0.715. The highest BCUT2D eigenvalue weighted by Gasteiger charge is 2.00. The van der Waals surface area contributed by atoms with Crippen LogP contribution in [0, 0.1) is 0 Å². The van der Waals surface area contributed by atoms with E-state index in [1.807, 2.05) is 0 Å². The number of nitrogens with zero attached hydrogens (tertiary/aromatic N) is 2. The van der Waals surface area contributed by atoms with Gasteiger partial charge in [0.1, 0.15) is 5.15 Å². The van der Waals surface area contributed by atoms with Gasteiger partial charge in [-0.2, -0.15) is 0 Å². The van der Waals surface area contributed by atoms with Gasteiger partial charge in [0.15, 0.2) is 0 Å². The van der Waals surface area contributed by atoms with Crippen molar-refractivity contribution in [3.63, 3.8) is 0 Å². The van der Waals surface area contributed by atoms with E-state index in [1.165, 1.54) is 12.4 Å². The first-order chi connectivity index (χ1) is 5.18. The summed E-state index contributed by atoms with van der Waals surface area (Å²) >= 11 is 5.43. The van der Waals surface area contributed by atoms with Gasteiger partial charge in [0.2, 0.25) is 0 Å². The number of aliphatic carboxylic acids is 1. The van der Waals surface area contributed by atoms with Crippen LogP contribution >= 0.6 is 11.6 Å². The van der Waals surface area contributed by atoms with Crippen LogP contribution in [0.2, 0.25) is 5.15 Å². The van der Waals surface area contributed by atoms with E-state index in [4.69, 9.17) is 16.7 Å². The summed E-state index contributed by atoms with van der Waals surface area (Å²) in [4.78, 5) is 17.6. The average Bonchev–Trinajstić information content (AvgIpc) is 1.93. The summed E-state index contributed by atoms with van der Waals surface area (Å²) in [6, 6.07) is 0. The molecule has 1 heterocycles. The van der Waals surface area contributed by atoms with E-state index in [2.05, 4.69) is 9.97 Å². The predicted octanol–water partition coefficient (Wildman–Crippen LogP) is 0.757. The monoisotopic (exact) mass is 172 g/mol. The Morgan fingerprint density at radius 2 is 2.27 bits per heavy atom. The Balaban J connectivity index is 2.74. The molecule has 1 N–H and O–H groups in total. The van der Waals surface area contributed by atoms with Crippen molar-refractivity contribution in [3.8, 4) is 0 Å². The Morgan fingerprint density at radius 1 is 1.55 bits per heavy atom. The molecule has 11 heavy (non-hydrogen) atoms. The lowest BCUT2D eigenvalue weighted by molar-refractivity contribution is -0.136. The molecule has 0 bridgehead atoms. The maximum atomic E-state index is 10.2. The van der Waals surface area contributed by atoms with Gasteiger partial charge in [-0.25, -0.2) is 4.98 Å². The summed E-state index contributed by atoms with van der Waals surface area (Å²) < 4.78 is 0. The van der Waals surface area contributed by atoms with Gasteiger partial charge in [-0.1, -0.05) is 11.6 Å². The number of halogens is 1. The average molecular weight is 173 g/mol. The zero-order valence-electron chi connectivity index (χ0n) is 5.49. The molecule has 0 spiro atoms. The fourth-order valence-corrected chi connectivity index (χ4v) is 0.683. The lowest BCUT2D eigenvalue weighted by Gasteiger charge is -1.93. The Labute approximate surface area is 67.9 Å². The van der Waals surface area contributed by atoms with Crippen LogP contribution in [0.4, 0.5) is 0 Å². The van der Waals surface area contributed by atoms with Gasteiger partial charge in [-0.05, 0) is 0 Å². The normalized spacial score (nSPS) is 9.55. The zero-order chi connectivity index (χ0) is 8.27. The summed E-state index contributed by atoms with van der Waals surface area (Å²) in [7, 11) is 0. The second kappa shape index (κ2) is 3.30. The lowest BCUT2D eigenvalue weighted by atomic mass is 10.3. The fraction of sp³-hybridized carbons (Fsp3) is 0.167. The van der Waals surface area contributed by atoms with Gasteiger partial charge in [0.05, 0.1) is 24.5 Å². The second-order valence-corrected chi connectivity index (χ2v) is 2.29. The largest absolute Gasteiger partial charge is 0.481 e. The third kappa shape index (κ3) is 2.51. The van der Waals surface area contributed by atoms with Crippen molar-refractivity contribution in [2.45, 2.75) is 6.42 Å². The minimum absolute atomic E-state index is 0.121. The number of carboxylic acids is 1. The molecule has 0 amide bonds. The minimum atomic E-state index is -0.929. The summed E-state index contributed by atoms with van der Waals surface area (Å²) in [6.45, 7) is 0. The van der Waals surface area contributed by atoms with Gasteiger partial charge in [-0.15, -0.1) is 0 Å². The Kier molecular flexibility index (Phi) is 2.38. The SMILES string of the molecule is O=C(O)Cc1cnc(Cl)cn1. The number of hydrogen-bond acceptors (Lipinski definition) is 3. The molecule has 0 saturated heterocycles. The van der Waals surface area contributed by atoms with Gasteiger partial charge >= 0.3 is 5.97 Å². The maximum absolute atomic E-state index is 10.2. The van der Waals surface area contributed by atoms with E-state index in [0.717, 1.165) is 0 Å². The van der Waals surface area contributed by atoms with Crippen LogP contribution in [0.1, 0.15) is 5.69 Å². The van der Waals surface area contributed by atoms with Gasteiger partial charge < -0.3 is 5.11 Å². The van der Waals surface area contributed by atoms with Crippen molar-refractivity contribution in [1.82, 2.24) is 9.97 Å². The third-order valence-electron chi connectivity index (χ3n) is 1.01. The van der Waals surface area contributed by atoms with Crippen molar-refractivity contribution < 1.29 is 9.90 Å². The van der Waals surface area contributed by atoms with Crippen molar-refractivity contribution in [3.05, 3.63) is 23.2 Å². The minimum Gasteiger partial charge on any atom is -0.481 e. The molecule has 4 nitrogen and oxygen atoms in total. The molecular formula is C6H5ClN2O2. The summed E-state index contributed by atoms with van der Waals surface area (Å²) in [5, 5.41) is 8.60. The highest BCUT2D eigenvalue weighted by Crippen LogP contribution is 2.01. The van der Waals surface area contributed by atoms with E-state index in [1.54, 1.807) is 0 Å². The fourth-order valence-electron chi connectivity index (χ4n) is 0.585. The van der Waals surface area contributed by atoms with Crippen LogP contribution < -0.4 is 0 Å². The Morgan fingerprint density at radius 3 is 2.73 bits per heavy atom. The molecular weight excluding hydrogens is 168 g/mol. The van der Waals surface area contributed by atoms with Crippen molar-refractivity contribution in [2.75, 3.05) is 0 Å². The van der Waals surface area contributed by atoms with E-state index >= 15 is 0 Å². The first-order valence-corrected chi connectivity index (χ1v) is 3.24. The van der Waals surface area contributed by atoms with Crippen LogP contribution in [-0.4, -0.2) is 21.0 Å². The second-order valence-electron chi connectivity index (χ2n) is 1.90. The van der Waals surface area contributed by atoms with Gasteiger partial charge in [0.25, 0.3) is 0 Å². The van der Waals surface area contributed by atoms with Crippen LogP contribution in [0.15, 0.2) is 12.4 Å². The number of carboxylic acid groups (broad SMARTS) is 1. The van der Waals surface area contributed by atoms with Crippen LogP contribution in [-0.2, 0) is 11.2 Å². The molecule has 0 atom stereocenters. The van der Waals surface area contributed by atoms with E-state index in [0.29, 0.717) is 5.69 Å².